The van der Waals surface area contributed by atoms with Gasteiger partial charge in [0.05, 0.1) is 0 Å². The van der Waals surface area contributed by atoms with Crippen LogP contribution in [0.4, 0.5) is 5.82 Å². The Morgan fingerprint density at radius 2 is 1.62 bits per heavy atom. The van der Waals surface area contributed by atoms with Crippen LogP contribution in [-0.2, 0) is 0 Å². The highest BCUT2D eigenvalue weighted by molar-refractivity contribution is 5.65. The number of hydrogen-bond acceptors (Lipinski definition) is 6. The summed E-state index contributed by atoms with van der Waals surface area (Å²) in [6, 6.07) is 7.93. The third-order valence-electron chi connectivity index (χ3n) is 4.50. The summed E-state index contributed by atoms with van der Waals surface area (Å²) in [6.07, 6.45) is 0. The van der Waals surface area contributed by atoms with Crippen LogP contribution in [0.3, 0.4) is 0 Å². The van der Waals surface area contributed by atoms with E-state index in [1.807, 2.05) is 52.1 Å². The Labute approximate surface area is 153 Å². The molecule has 0 aliphatic carbocycles. The zero-order valence-electron chi connectivity index (χ0n) is 16.0. The number of pyridine rings is 1. The van der Waals surface area contributed by atoms with E-state index >= 15 is 0 Å². The predicted octanol–water partition coefficient (Wildman–Crippen LogP) is 4.27. The zero-order valence-corrected chi connectivity index (χ0v) is 16.0. The number of phenolic OH excluding ortho intramolecular Hbond substituents is 1. The van der Waals surface area contributed by atoms with Gasteiger partial charge in [0.15, 0.2) is 0 Å². The van der Waals surface area contributed by atoms with Gasteiger partial charge >= 0.3 is 0 Å². The van der Waals surface area contributed by atoms with Crippen LogP contribution in [0.25, 0.3) is 22.8 Å². The van der Waals surface area contributed by atoms with Crippen LogP contribution < -0.4 is 4.90 Å². The summed E-state index contributed by atoms with van der Waals surface area (Å²) in [7, 11) is 2.01. The summed E-state index contributed by atoms with van der Waals surface area (Å²) >= 11 is 0. The summed E-state index contributed by atoms with van der Waals surface area (Å²) in [5, 5.41) is 14.1. The summed E-state index contributed by atoms with van der Waals surface area (Å²) < 4.78 is 5.50. The third kappa shape index (κ3) is 3.40. The highest BCUT2D eigenvalue weighted by atomic mass is 16.5. The Morgan fingerprint density at radius 3 is 2.23 bits per heavy atom. The van der Waals surface area contributed by atoms with E-state index in [0.29, 0.717) is 23.5 Å². The lowest BCUT2D eigenvalue weighted by molar-refractivity contribution is 0.432. The summed E-state index contributed by atoms with van der Waals surface area (Å²) in [5.74, 6) is 2.11. The van der Waals surface area contributed by atoms with Crippen LogP contribution in [0, 0.1) is 20.8 Å². The lowest BCUT2D eigenvalue weighted by Gasteiger charge is -2.23. The lowest BCUT2D eigenvalue weighted by Crippen LogP contribution is -2.26. The largest absolute Gasteiger partial charge is 0.507 e. The Kier molecular flexibility index (Phi) is 4.68. The minimum atomic E-state index is 0.295. The van der Waals surface area contributed by atoms with Crippen LogP contribution in [0.15, 0.2) is 28.8 Å². The van der Waals surface area contributed by atoms with Crippen molar-refractivity contribution in [2.24, 2.45) is 0 Å². The molecule has 136 valence electrons. The SMILES string of the molecule is Cc1cc(-c2nc(-c3cc(C)c(O)c(C)c3)no2)cc(N(C)C(C)C)n1. The average Bonchev–Trinajstić information content (AvgIpc) is 3.08. The molecule has 1 aromatic carbocycles. The van der Waals surface area contributed by atoms with Gasteiger partial charge in [-0.25, -0.2) is 4.98 Å². The molecule has 0 spiro atoms. The Hall–Kier alpha value is -2.89. The maximum Gasteiger partial charge on any atom is 0.258 e. The van der Waals surface area contributed by atoms with Crippen LogP contribution in [0.2, 0.25) is 0 Å². The maximum atomic E-state index is 9.94. The molecule has 0 saturated heterocycles. The number of anilines is 1. The van der Waals surface area contributed by atoms with Gasteiger partial charge in [-0.3, -0.25) is 0 Å². The first kappa shape index (κ1) is 17.9. The molecule has 0 aliphatic heterocycles. The molecule has 0 bridgehead atoms. The standard InChI is InChI=1S/C20H24N4O2/c1-11(2)24(6)17-10-16(9-14(5)21-17)20-22-19(23-26-20)15-7-12(3)18(25)13(4)8-15/h7-11,25H,1-6H3. The average molecular weight is 352 g/mol. The van der Waals surface area contributed by atoms with Crippen molar-refractivity contribution in [2.75, 3.05) is 11.9 Å². The third-order valence-corrected chi connectivity index (χ3v) is 4.50. The van der Waals surface area contributed by atoms with Crippen LogP contribution in [0.5, 0.6) is 5.75 Å². The van der Waals surface area contributed by atoms with Gasteiger partial charge in [0.2, 0.25) is 5.82 Å². The molecule has 26 heavy (non-hydrogen) atoms. The Morgan fingerprint density at radius 1 is 0.962 bits per heavy atom. The second kappa shape index (κ2) is 6.78. The Balaban J connectivity index is 2.00. The molecule has 0 fully saturated rings. The molecule has 2 heterocycles. The van der Waals surface area contributed by atoms with Gasteiger partial charge in [-0.05, 0) is 70.0 Å². The molecule has 0 unspecified atom stereocenters. The van der Waals surface area contributed by atoms with Gasteiger partial charge in [-0.1, -0.05) is 5.16 Å². The molecule has 0 aliphatic rings. The number of hydrogen-bond donors (Lipinski definition) is 1. The van der Waals surface area contributed by atoms with Crippen molar-refractivity contribution >= 4 is 5.82 Å². The van der Waals surface area contributed by atoms with Gasteiger partial charge in [0.1, 0.15) is 11.6 Å². The van der Waals surface area contributed by atoms with Crippen molar-refractivity contribution in [3.8, 4) is 28.6 Å². The monoisotopic (exact) mass is 352 g/mol. The van der Waals surface area contributed by atoms with Gasteiger partial charge in [0.25, 0.3) is 5.89 Å². The molecule has 3 aromatic rings. The van der Waals surface area contributed by atoms with E-state index in [-0.39, 0.29) is 0 Å². The van der Waals surface area contributed by atoms with Crippen molar-refractivity contribution in [2.45, 2.75) is 40.7 Å². The van der Waals surface area contributed by atoms with E-state index in [1.165, 1.54) is 0 Å². The number of rotatable bonds is 4. The van der Waals surface area contributed by atoms with E-state index in [2.05, 4.69) is 33.9 Å². The second-order valence-corrected chi connectivity index (χ2v) is 6.94. The highest BCUT2D eigenvalue weighted by Gasteiger charge is 2.16. The van der Waals surface area contributed by atoms with Gasteiger partial charge in [-0.2, -0.15) is 4.98 Å². The molecule has 6 nitrogen and oxygen atoms in total. The summed E-state index contributed by atoms with van der Waals surface area (Å²) in [6.45, 7) is 9.89. The molecule has 0 amide bonds. The topological polar surface area (TPSA) is 75.3 Å². The fourth-order valence-corrected chi connectivity index (χ4v) is 2.76. The number of phenols is 1. The van der Waals surface area contributed by atoms with Gasteiger partial charge in [-0.15, -0.1) is 0 Å². The fourth-order valence-electron chi connectivity index (χ4n) is 2.76. The van der Waals surface area contributed by atoms with Crippen LogP contribution in [0.1, 0.15) is 30.7 Å². The minimum absolute atomic E-state index is 0.295. The van der Waals surface area contributed by atoms with E-state index in [4.69, 9.17) is 4.52 Å². The minimum Gasteiger partial charge on any atom is -0.507 e. The number of benzene rings is 1. The zero-order chi connectivity index (χ0) is 19.0. The first-order valence-corrected chi connectivity index (χ1v) is 8.62. The smallest absolute Gasteiger partial charge is 0.258 e. The second-order valence-electron chi connectivity index (χ2n) is 6.94. The van der Waals surface area contributed by atoms with Crippen LogP contribution in [-0.4, -0.2) is 33.3 Å². The van der Waals surface area contributed by atoms with Crippen molar-refractivity contribution < 1.29 is 9.63 Å². The molecule has 0 saturated carbocycles. The molecule has 3 rings (SSSR count). The van der Waals surface area contributed by atoms with E-state index < -0.39 is 0 Å². The number of aromatic nitrogens is 3. The van der Waals surface area contributed by atoms with E-state index in [1.54, 1.807) is 0 Å². The molecule has 0 radical (unpaired) electrons. The van der Waals surface area contributed by atoms with E-state index in [9.17, 15) is 5.11 Å². The Bertz CT molecular complexity index is 924. The molecule has 6 heteroatoms. The van der Waals surface area contributed by atoms with Gasteiger partial charge < -0.3 is 14.5 Å². The maximum absolute atomic E-state index is 9.94. The fraction of sp³-hybridized carbons (Fsp3) is 0.350. The van der Waals surface area contributed by atoms with Crippen molar-refractivity contribution in [1.82, 2.24) is 15.1 Å². The molecule has 2 aromatic heterocycles. The quantitative estimate of drug-likeness (QED) is 0.755. The first-order chi connectivity index (χ1) is 12.3. The molecule has 0 atom stereocenters. The normalized spacial score (nSPS) is 11.2. The predicted molar refractivity (Wildman–Crippen MR) is 102 cm³/mol. The number of aryl methyl sites for hydroxylation is 3. The van der Waals surface area contributed by atoms with E-state index in [0.717, 1.165) is 33.8 Å². The van der Waals surface area contributed by atoms with Gasteiger partial charge in [0, 0.05) is 29.9 Å². The molecular weight excluding hydrogens is 328 g/mol. The highest BCUT2D eigenvalue weighted by Crippen LogP contribution is 2.30. The summed E-state index contributed by atoms with van der Waals surface area (Å²) in [4.78, 5) is 11.2. The van der Waals surface area contributed by atoms with Crippen LogP contribution >= 0.6 is 0 Å². The number of nitrogens with zero attached hydrogens (tertiary/aromatic N) is 4. The molecule has 1 N–H and O–H groups in total. The van der Waals surface area contributed by atoms with Crippen molar-refractivity contribution in [3.05, 3.63) is 41.1 Å². The summed E-state index contributed by atoms with van der Waals surface area (Å²) in [5.41, 5.74) is 4.11. The molecular formula is C20H24N4O2. The van der Waals surface area contributed by atoms with Crippen molar-refractivity contribution in [3.63, 3.8) is 0 Å². The number of aromatic hydroxyl groups is 1. The first-order valence-electron chi connectivity index (χ1n) is 8.62. The van der Waals surface area contributed by atoms with Crippen molar-refractivity contribution in [1.29, 1.82) is 0 Å². The lowest BCUT2D eigenvalue weighted by atomic mass is 10.1.